The molecule has 1 amide bonds. The van der Waals surface area contributed by atoms with E-state index in [9.17, 15) is 4.79 Å². The Balaban J connectivity index is 1.53. The number of nitrogens with zero attached hydrogens (tertiary/aromatic N) is 1. The minimum Gasteiger partial charge on any atom is -0.454 e. The Kier molecular flexibility index (Phi) is 5.82. The lowest BCUT2D eigenvalue weighted by Gasteiger charge is -2.10. The number of hydrazone groups is 1. The van der Waals surface area contributed by atoms with Crippen LogP contribution in [0.4, 0.5) is 5.69 Å². The third kappa shape index (κ3) is 4.65. The molecule has 6 nitrogen and oxygen atoms in total. The quantitative estimate of drug-likeness (QED) is 0.489. The molecular weight excluding hydrogens is 477 g/mol. The van der Waals surface area contributed by atoms with Gasteiger partial charge in [0.05, 0.1) is 18.4 Å². The van der Waals surface area contributed by atoms with Crippen LogP contribution < -0.4 is 20.2 Å². The highest BCUT2D eigenvalue weighted by atomic mass is 79.9. The van der Waals surface area contributed by atoms with E-state index < -0.39 is 0 Å². The highest BCUT2D eigenvalue weighted by molar-refractivity contribution is 9.11. The summed E-state index contributed by atoms with van der Waals surface area (Å²) in [6, 6.07) is 8.89. The van der Waals surface area contributed by atoms with Crippen molar-refractivity contribution in [3.05, 3.63) is 49.9 Å². The summed E-state index contributed by atoms with van der Waals surface area (Å²) in [6.45, 7) is 0.269. The zero-order chi connectivity index (χ0) is 17.8. The molecule has 0 fully saturated rings. The lowest BCUT2D eigenvalue weighted by Crippen LogP contribution is -2.26. The van der Waals surface area contributed by atoms with E-state index >= 15 is 0 Å². The summed E-state index contributed by atoms with van der Waals surface area (Å²) in [6.07, 6.45) is 1.54. The lowest BCUT2D eigenvalue weighted by atomic mass is 10.2. The van der Waals surface area contributed by atoms with Crippen LogP contribution in [0.5, 0.6) is 11.5 Å². The predicted octanol–water partition coefficient (Wildman–Crippen LogP) is 4.16. The van der Waals surface area contributed by atoms with E-state index in [0.717, 1.165) is 20.2 Å². The largest absolute Gasteiger partial charge is 0.454 e. The second-order valence-corrected chi connectivity index (χ2v) is 7.15. The molecular formula is C16H12Br2ClN3O3. The van der Waals surface area contributed by atoms with Gasteiger partial charge < -0.3 is 14.8 Å². The van der Waals surface area contributed by atoms with Gasteiger partial charge in [-0.25, -0.2) is 5.43 Å². The number of hydrogen-bond donors (Lipinski definition) is 2. The fraction of sp³-hybridized carbons (Fsp3) is 0.125. The Morgan fingerprint density at radius 2 is 1.92 bits per heavy atom. The first-order valence-electron chi connectivity index (χ1n) is 7.13. The summed E-state index contributed by atoms with van der Waals surface area (Å²) in [5.41, 5.74) is 3.99. The maximum atomic E-state index is 11.9. The molecule has 0 bridgehead atoms. The number of halogens is 3. The van der Waals surface area contributed by atoms with Gasteiger partial charge in [-0.1, -0.05) is 11.6 Å². The molecule has 0 spiro atoms. The smallest absolute Gasteiger partial charge is 0.259 e. The maximum Gasteiger partial charge on any atom is 0.259 e. The average Bonchev–Trinajstić information content (AvgIpc) is 3.01. The number of rotatable bonds is 5. The summed E-state index contributed by atoms with van der Waals surface area (Å²) in [5.74, 6) is 1.07. The molecule has 2 N–H and O–H groups in total. The van der Waals surface area contributed by atoms with Crippen LogP contribution >= 0.6 is 43.5 Å². The summed E-state index contributed by atoms with van der Waals surface area (Å²) >= 11 is 12.7. The number of fused-ring (bicyclic) bond motifs is 1. The van der Waals surface area contributed by atoms with Crippen LogP contribution in [0.1, 0.15) is 5.56 Å². The predicted molar refractivity (Wildman–Crippen MR) is 104 cm³/mol. The summed E-state index contributed by atoms with van der Waals surface area (Å²) in [7, 11) is 0. The molecule has 1 aliphatic heterocycles. The molecule has 25 heavy (non-hydrogen) atoms. The lowest BCUT2D eigenvalue weighted by molar-refractivity contribution is -0.119. The number of benzene rings is 2. The molecule has 1 aliphatic rings. The van der Waals surface area contributed by atoms with Crippen molar-refractivity contribution in [3.63, 3.8) is 0 Å². The minimum absolute atomic E-state index is 0.0529. The molecule has 0 aliphatic carbocycles. The van der Waals surface area contributed by atoms with E-state index in [0.29, 0.717) is 16.5 Å². The van der Waals surface area contributed by atoms with Gasteiger partial charge in [0, 0.05) is 14.0 Å². The van der Waals surface area contributed by atoms with E-state index in [2.05, 4.69) is 47.7 Å². The first-order valence-corrected chi connectivity index (χ1v) is 9.09. The Hall–Kier alpha value is -1.77. The first-order chi connectivity index (χ1) is 12.0. The normalized spacial score (nSPS) is 12.4. The fourth-order valence-electron chi connectivity index (χ4n) is 2.09. The van der Waals surface area contributed by atoms with Gasteiger partial charge in [-0.2, -0.15) is 5.10 Å². The van der Waals surface area contributed by atoms with Crippen molar-refractivity contribution >= 4 is 61.3 Å². The van der Waals surface area contributed by atoms with Crippen LogP contribution in [-0.2, 0) is 4.79 Å². The van der Waals surface area contributed by atoms with Gasteiger partial charge in [-0.15, -0.1) is 0 Å². The Bertz CT molecular complexity index is 822. The number of ether oxygens (including phenoxy) is 2. The third-order valence-corrected chi connectivity index (χ3v) is 4.70. The Labute approximate surface area is 165 Å². The molecule has 0 unspecified atom stereocenters. The molecule has 3 rings (SSSR count). The van der Waals surface area contributed by atoms with Crippen LogP contribution in [0.15, 0.2) is 44.4 Å². The van der Waals surface area contributed by atoms with E-state index in [1.807, 2.05) is 6.07 Å². The van der Waals surface area contributed by atoms with Gasteiger partial charge >= 0.3 is 0 Å². The highest BCUT2D eigenvalue weighted by Crippen LogP contribution is 2.34. The molecule has 0 aromatic heterocycles. The van der Waals surface area contributed by atoms with Crippen molar-refractivity contribution in [2.45, 2.75) is 0 Å². The molecule has 2 aromatic carbocycles. The van der Waals surface area contributed by atoms with Crippen molar-refractivity contribution < 1.29 is 14.3 Å². The summed E-state index contributed by atoms with van der Waals surface area (Å²) in [4.78, 5) is 11.9. The number of anilines is 1. The molecule has 0 atom stereocenters. The number of carbonyl (C=O) groups excluding carboxylic acids is 1. The van der Waals surface area contributed by atoms with Gasteiger partial charge in [0.15, 0.2) is 11.5 Å². The molecule has 0 saturated heterocycles. The highest BCUT2D eigenvalue weighted by Gasteiger charge is 2.12. The average molecular weight is 490 g/mol. The number of hydrogen-bond acceptors (Lipinski definition) is 5. The second kappa shape index (κ2) is 8.07. The van der Waals surface area contributed by atoms with Crippen molar-refractivity contribution in [2.24, 2.45) is 5.10 Å². The number of amides is 1. The Morgan fingerprint density at radius 3 is 2.68 bits per heavy atom. The maximum absolute atomic E-state index is 11.9. The van der Waals surface area contributed by atoms with Crippen LogP contribution in [0.3, 0.4) is 0 Å². The fourth-order valence-corrected chi connectivity index (χ4v) is 4.04. The summed E-state index contributed by atoms with van der Waals surface area (Å²) in [5, 5.41) is 7.53. The van der Waals surface area contributed by atoms with Gasteiger partial charge in [0.2, 0.25) is 6.79 Å². The van der Waals surface area contributed by atoms with Crippen LogP contribution in [0.25, 0.3) is 0 Å². The summed E-state index contributed by atoms with van der Waals surface area (Å²) < 4.78 is 12.0. The molecule has 130 valence electrons. The molecule has 9 heteroatoms. The van der Waals surface area contributed by atoms with Crippen molar-refractivity contribution in [1.29, 1.82) is 0 Å². The zero-order valence-corrected chi connectivity index (χ0v) is 16.6. The van der Waals surface area contributed by atoms with Crippen LogP contribution in [0.2, 0.25) is 5.02 Å². The molecule has 1 heterocycles. The van der Waals surface area contributed by atoms with Crippen molar-refractivity contribution in [2.75, 3.05) is 18.7 Å². The monoisotopic (exact) mass is 487 g/mol. The van der Waals surface area contributed by atoms with Gasteiger partial charge in [0.25, 0.3) is 5.91 Å². The third-order valence-electron chi connectivity index (χ3n) is 3.23. The van der Waals surface area contributed by atoms with Gasteiger partial charge in [-0.3, -0.25) is 4.79 Å². The van der Waals surface area contributed by atoms with E-state index in [1.165, 1.54) is 6.21 Å². The Morgan fingerprint density at radius 1 is 1.20 bits per heavy atom. The van der Waals surface area contributed by atoms with Gasteiger partial charge in [0.1, 0.15) is 0 Å². The topological polar surface area (TPSA) is 72.0 Å². The zero-order valence-electron chi connectivity index (χ0n) is 12.7. The van der Waals surface area contributed by atoms with Gasteiger partial charge in [-0.05, 0) is 67.8 Å². The standard InChI is InChI=1S/C16H12Br2ClN3O3/c17-11-4-10(19)5-12(18)16(11)20-7-15(23)22-21-6-9-1-2-13-14(3-9)25-8-24-13/h1-6,20H,7-8H2,(H,22,23). The molecule has 0 saturated carbocycles. The minimum atomic E-state index is -0.286. The molecule has 0 radical (unpaired) electrons. The van der Waals surface area contributed by atoms with E-state index in [-0.39, 0.29) is 19.2 Å². The van der Waals surface area contributed by atoms with Crippen molar-refractivity contribution in [1.82, 2.24) is 5.43 Å². The molecule has 2 aromatic rings. The van der Waals surface area contributed by atoms with Crippen LogP contribution in [-0.4, -0.2) is 25.5 Å². The van der Waals surface area contributed by atoms with Crippen molar-refractivity contribution in [3.8, 4) is 11.5 Å². The van der Waals surface area contributed by atoms with E-state index in [4.69, 9.17) is 21.1 Å². The number of nitrogens with one attached hydrogen (secondary N) is 2. The number of carbonyl (C=O) groups is 1. The first kappa shape index (κ1) is 18.0. The second-order valence-electron chi connectivity index (χ2n) is 5.00. The van der Waals surface area contributed by atoms with E-state index in [1.54, 1.807) is 24.3 Å². The van der Waals surface area contributed by atoms with Crippen LogP contribution in [0, 0.1) is 0 Å². The SMILES string of the molecule is O=C(CNc1c(Br)cc(Cl)cc1Br)NN=Cc1ccc2c(c1)OCO2.